The highest BCUT2D eigenvalue weighted by Gasteiger charge is 2.41. The lowest BCUT2D eigenvalue weighted by Gasteiger charge is -2.40. The molecule has 3 saturated heterocycles. The molecule has 5 rings (SSSR count). The molecule has 11 heteroatoms. The molecule has 0 atom stereocenters. The minimum Gasteiger partial charge on any atom is -0.497 e. The zero-order chi connectivity index (χ0) is 23.9. The van der Waals surface area contributed by atoms with Crippen LogP contribution in [-0.2, 0) is 19.5 Å². The van der Waals surface area contributed by atoms with E-state index in [0.717, 1.165) is 16.6 Å². The van der Waals surface area contributed by atoms with Crippen LogP contribution in [0.1, 0.15) is 23.2 Å². The molecule has 184 valence electrons. The third kappa shape index (κ3) is 4.33. The van der Waals surface area contributed by atoms with Gasteiger partial charge in [-0.15, -0.1) is 0 Å². The van der Waals surface area contributed by atoms with Gasteiger partial charge in [-0.2, -0.15) is 4.31 Å². The zero-order valence-corrected chi connectivity index (χ0v) is 20.3. The summed E-state index contributed by atoms with van der Waals surface area (Å²) >= 11 is 0. The summed E-state index contributed by atoms with van der Waals surface area (Å²) in [5, 5.41) is 0.880. The molecule has 0 unspecified atom stereocenters. The highest BCUT2D eigenvalue weighted by atomic mass is 32.2. The van der Waals surface area contributed by atoms with E-state index in [9.17, 15) is 13.2 Å². The van der Waals surface area contributed by atoms with Crippen molar-refractivity contribution in [2.24, 2.45) is 0 Å². The number of methoxy groups -OCH3 is 1. The molecular weight excluding hydrogens is 460 g/mol. The van der Waals surface area contributed by atoms with E-state index in [1.54, 1.807) is 18.2 Å². The van der Waals surface area contributed by atoms with Gasteiger partial charge in [-0.3, -0.25) is 9.78 Å². The number of ether oxygens (including phenoxy) is 3. The van der Waals surface area contributed by atoms with Crippen LogP contribution in [-0.4, -0.2) is 100 Å². The Hall–Kier alpha value is -2.47. The molecule has 1 spiro atoms. The molecular formula is C23H30N4O6S. The van der Waals surface area contributed by atoms with E-state index < -0.39 is 15.8 Å². The molecule has 0 N–H and O–H groups in total. The monoisotopic (exact) mass is 490 g/mol. The van der Waals surface area contributed by atoms with Crippen molar-refractivity contribution in [1.82, 2.24) is 14.2 Å². The minimum absolute atomic E-state index is 0.137. The van der Waals surface area contributed by atoms with Crippen LogP contribution in [0.5, 0.6) is 5.75 Å². The first-order chi connectivity index (χ1) is 16.3. The highest BCUT2D eigenvalue weighted by molar-refractivity contribution is 7.88. The molecule has 2 aromatic rings. The first-order valence-electron chi connectivity index (χ1n) is 11.5. The number of rotatable bonds is 4. The second kappa shape index (κ2) is 8.95. The van der Waals surface area contributed by atoms with Crippen molar-refractivity contribution in [3.63, 3.8) is 0 Å². The topological polar surface area (TPSA) is 102 Å². The minimum atomic E-state index is -3.27. The van der Waals surface area contributed by atoms with Crippen molar-refractivity contribution in [3.05, 3.63) is 30.0 Å². The van der Waals surface area contributed by atoms with Gasteiger partial charge in [-0.1, -0.05) is 0 Å². The van der Waals surface area contributed by atoms with Crippen LogP contribution in [0.4, 0.5) is 5.69 Å². The summed E-state index contributed by atoms with van der Waals surface area (Å²) < 4.78 is 42.3. The van der Waals surface area contributed by atoms with E-state index in [1.165, 1.54) is 10.6 Å². The number of carbonyl (C=O) groups is 1. The number of hydrogen-bond donors (Lipinski definition) is 0. The van der Waals surface area contributed by atoms with Gasteiger partial charge < -0.3 is 24.0 Å². The lowest BCUT2D eigenvalue weighted by atomic mass is 9.99. The first-order valence-corrected chi connectivity index (χ1v) is 13.4. The predicted octanol–water partition coefficient (Wildman–Crippen LogP) is 1.30. The molecule has 1 aromatic heterocycles. The smallest absolute Gasteiger partial charge is 0.257 e. The fourth-order valence-electron chi connectivity index (χ4n) is 5.03. The third-order valence-corrected chi connectivity index (χ3v) is 8.23. The maximum Gasteiger partial charge on any atom is 0.257 e. The third-order valence-electron chi connectivity index (χ3n) is 6.93. The van der Waals surface area contributed by atoms with Gasteiger partial charge in [0.1, 0.15) is 5.75 Å². The molecule has 0 saturated carbocycles. The molecule has 10 nitrogen and oxygen atoms in total. The van der Waals surface area contributed by atoms with Crippen LogP contribution in [0, 0.1) is 0 Å². The Bertz CT molecular complexity index is 1180. The van der Waals surface area contributed by atoms with E-state index in [2.05, 4.69) is 9.88 Å². The largest absolute Gasteiger partial charge is 0.497 e. The average molecular weight is 491 g/mol. The Balaban J connectivity index is 1.47. The van der Waals surface area contributed by atoms with Gasteiger partial charge in [0.2, 0.25) is 10.0 Å². The highest BCUT2D eigenvalue weighted by Crippen LogP contribution is 2.38. The number of sulfonamides is 1. The normalized spacial score (nSPS) is 21.4. The maximum atomic E-state index is 13.7. The summed E-state index contributed by atoms with van der Waals surface area (Å²) in [4.78, 5) is 22.2. The Kier molecular flexibility index (Phi) is 6.13. The lowest BCUT2D eigenvalue weighted by Crippen LogP contribution is -2.50. The van der Waals surface area contributed by atoms with Crippen LogP contribution in [0.25, 0.3) is 10.9 Å². The van der Waals surface area contributed by atoms with Crippen molar-refractivity contribution < 1.29 is 27.4 Å². The summed E-state index contributed by atoms with van der Waals surface area (Å²) in [7, 11) is -1.66. The summed E-state index contributed by atoms with van der Waals surface area (Å²) in [5.41, 5.74) is 2.12. The molecule has 0 bridgehead atoms. The standard InChI is InChI=1S/C23H30N4O6S/c1-31-17-3-4-18-20(15-17)24-16-19(22(28)26-9-11-27(12-10-26)34(2,29)30)21(18)25-7-5-23(6-8-25)32-13-14-33-23/h3-4,15-16H,5-14H2,1-2H3. The van der Waals surface area contributed by atoms with E-state index >= 15 is 0 Å². The number of nitrogens with zero attached hydrogens (tertiary/aromatic N) is 4. The van der Waals surface area contributed by atoms with Crippen molar-refractivity contribution >= 4 is 32.5 Å². The van der Waals surface area contributed by atoms with Crippen LogP contribution < -0.4 is 9.64 Å². The molecule has 0 aliphatic carbocycles. The number of amides is 1. The number of carbonyl (C=O) groups excluding carboxylic acids is 1. The van der Waals surface area contributed by atoms with E-state index in [1.807, 2.05) is 18.2 Å². The SMILES string of the molecule is COc1ccc2c(N3CCC4(CC3)OCCO4)c(C(=O)N3CCN(S(C)(=O)=O)CC3)cnc2c1. The number of fused-ring (bicyclic) bond motifs is 1. The van der Waals surface area contributed by atoms with Gasteiger partial charge >= 0.3 is 0 Å². The van der Waals surface area contributed by atoms with E-state index in [4.69, 9.17) is 14.2 Å². The van der Waals surface area contributed by atoms with Crippen LogP contribution in [0.3, 0.4) is 0 Å². The quantitative estimate of drug-likeness (QED) is 0.632. The summed E-state index contributed by atoms with van der Waals surface area (Å²) in [6.45, 7) is 3.87. The number of aromatic nitrogens is 1. The predicted molar refractivity (Wildman–Crippen MR) is 127 cm³/mol. The van der Waals surface area contributed by atoms with Crippen molar-refractivity contribution in [1.29, 1.82) is 0 Å². The van der Waals surface area contributed by atoms with Gasteiger partial charge in [0.25, 0.3) is 5.91 Å². The van der Waals surface area contributed by atoms with Gasteiger partial charge in [-0.05, 0) is 12.1 Å². The van der Waals surface area contributed by atoms with Crippen LogP contribution in [0.2, 0.25) is 0 Å². The van der Waals surface area contributed by atoms with Crippen LogP contribution >= 0.6 is 0 Å². The van der Waals surface area contributed by atoms with Crippen LogP contribution in [0.15, 0.2) is 24.4 Å². The molecule has 0 radical (unpaired) electrons. The number of pyridine rings is 1. The van der Waals surface area contributed by atoms with Gasteiger partial charge in [0.15, 0.2) is 5.79 Å². The Morgan fingerprint density at radius 1 is 1.06 bits per heavy atom. The van der Waals surface area contributed by atoms with Gasteiger partial charge in [0, 0.05) is 69.8 Å². The van der Waals surface area contributed by atoms with Crippen molar-refractivity contribution in [3.8, 4) is 5.75 Å². The van der Waals surface area contributed by atoms with E-state index in [-0.39, 0.29) is 5.91 Å². The summed E-state index contributed by atoms with van der Waals surface area (Å²) in [6, 6.07) is 5.69. The first kappa shape index (κ1) is 23.3. The maximum absolute atomic E-state index is 13.7. The number of piperazine rings is 1. The Morgan fingerprint density at radius 3 is 2.35 bits per heavy atom. The summed E-state index contributed by atoms with van der Waals surface area (Å²) in [5.74, 6) is 0.0450. The number of benzene rings is 1. The molecule has 1 aromatic carbocycles. The average Bonchev–Trinajstić information content (AvgIpc) is 3.30. The van der Waals surface area contributed by atoms with Crippen molar-refractivity contribution in [2.45, 2.75) is 18.6 Å². The fourth-order valence-corrected chi connectivity index (χ4v) is 5.86. The second-order valence-electron chi connectivity index (χ2n) is 8.95. The van der Waals surface area contributed by atoms with Gasteiger partial charge in [-0.25, -0.2) is 8.42 Å². The number of piperidine rings is 1. The Labute approximate surface area is 199 Å². The second-order valence-corrected chi connectivity index (χ2v) is 10.9. The molecule has 34 heavy (non-hydrogen) atoms. The molecule has 4 heterocycles. The lowest BCUT2D eigenvalue weighted by molar-refractivity contribution is -0.169. The van der Waals surface area contributed by atoms with E-state index in [0.29, 0.717) is 76.6 Å². The summed E-state index contributed by atoms with van der Waals surface area (Å²) in [6.07, 6.45) is 4.27. The zero-order valence-electron chi connectivity index (χ0n) is 19.5. The molecule has 3 aliphatic heterocycles. The fraction of sp³-hybridized carbons (Fsp3) is 0.565. The van der Waals surface area contributed by atoms with Gasteiger partial charge in [0.05, 0.1) is 43.3 Å². The number of hydrogen-bond acceptors (Lipinski definition) is 8. The Morgan fingerprint density at radius 2 is 1.74 bits per heavy atom. The van der Waals surface area contributed by atoms with Crippen molar-refractivity contribution in [2.75, 3.05) is 70.7 Å². The molecule has 1 amide bonds. The molecule has 3 fully saturated rings. The molecule has 3 aliphatic rings. The number of anilines is 1.